The first-order valence-corrected chi connectivity index (χ1v) is 5.47. The molecule has 2 heteroatoms. The highest BCUT2D eigenvalue weighted by Gasteiger charge is 2.18. The lowest BCUT2D eigenvalue weighted by molar-refractivity contribution is 0.510. The van der Waals surface area contributed by atoms with Crippen LogP contribution in [0.2, 0.25) is 0 Å². The summed E-state index contributed by atoms with van der Waals surface area (Å²) in [6.07, 6.45) is 1.06. The quantitative estimate of drug-likeness (QED) is 0.686. The van der Waals surface area contributed by atoms with E-state index in [1.165, 1.54) is 11.1 Å². The van der Waals surface area contributed by atoms with Crippen LogP contribution in [0.15, 0.2) is 29.3 Å². The van der Waals surface area contributed by atoms with Gasteiger partial charge in [-0.3, -0.25) is 4.99 Å². The van der Waals surface area contributed by atoms with Gasteiger partial charge in [0.05, 0.1) is 0 Å². The zero-order chi connectivity index (χ0) is 10.9. The van der Waals surface area contributed by atoms with Crippen molar-refractivity contribution >= 4 is 5.84 Å². The maximum Gasteiger partial charge on any atom is 0.128 e. The average molecular weight is 202 g/mol. The summed E-state index contributed by atoms with van der Waals surface area (Å²) < 4.78 is 0. The van der Waals surface area contributed by atoms with Gasteiger partial charge in [-0.25, -0.2) is 0 Å². The molecule has 0 fully saturated rings. The molecule has 1 aromatic rings. The van der Waals surface area contributed by atoms with E-state index < -0.39 is 0 Å². The van der Waals surface area contributed by atoms with Crippen LogP contribution in [0.5, 0.6) is 0 Å². The van der Waals surface area contributed by atoms with Gasteiger partial charge in [0.15, 0.2) is 0 Å². The molecular formula is C13H18N2. The third kappa shape index (κ3) is 2.38. The number of nitrogens with zero attached hydrogens (tertiary/aromatic N) is 1. The SMILES string of the molecule is CC(C)(C)NC1=NCCc2ccccc21. The lowest BCUT2D eigenvalue weighted by atomic mass is 9.99. The highest BCUT2D eigenvalue weighted by Crippen LogP contribution is 2.16. The molecule has 0 bridgehead atoms. The molecule has 1 N–H and O–H groups in total. The monoisotopic (exact) mass is 202 g/mol. The van der Waals surface area contributed by atoms with E-state index in [9.17, 15) is 0 Å². The highest BCUT2D eigenvalue weighted by molar-refractivity contribution is 6.01. The zero-order valence-electron chi connectivity index (χ0n) is 9.67. The Kier molecular flexibility index (Phi) is 2.51. The molecule has 0 saturated heterocycles. The fourth-order valence-electron chi connectivity index (χ4n) is 1.80. The molecule has 0 radical (unpaired) electrons. The Labute approximate surface area is 91.4 Å². The van der Waals surface area contributed by atoms with Crippen molar-refractivity contribution in [3.05, 3.63) is 35.4 Å². The van der Waals surface area contributed by atoms with Gasteiger partial charge in [0.2, 0.25) is 0 Å². The molecule has 0 spiro atoms. The first-order chi connectivity index (χ1) is 7.06. The third-order valence-corrected chi connectivity index (χ3v) is 2.42. The second-order valence-corrected chi connectivity index (χ2v) is 5.01. The molecule has 0 atom stereocenters. The largest absolute Gasteiger partial charge is 0.365 e. The zero-order valence-corrected chi connectivity index (χ0v) is 9.67. The van der Waals surface area contributed by atoms with Crippen LogP contribution in [-0.2, 0) is 6.42 Å². The molecule has 2 nitrogen and oxygen atoms in total. The molecule has 2 rings (SSSR count). The molecule has 1 aromatic carbocycles. The maximum atomic E-state index is 4.56. The van der Waals surface area contributed by atoms with Crippen molar-refractivity contribution < 1.29 is 0 Å². The van der Waals surface area contributed by atoms with Gasteiger partial charge in [-0.1, -0.05) is 24.3 Å². The standard InChI is InChI=1S/C13H18N2/c1-13(2,3)15-12-11-7-5-4-6-10(11)8-9-14-12/h4-7H,8-9H2,1-3H3,(H,14,15). The van der Waals surface area contributed by atoms with Crippen LogP contribution < -0.4 is 5.32 Å². The summed E-state index contributed by atoms with van der Waals surface area (Å²) in [5.74, 6) is 1.05. The summed E-state index contributed by atoms with van der Waals surface area (Å²) in [5.41, 5.74) is 2.74. The van der Waals surface area contributed by atoms with Crippen LogP contribution in [0.1, 0.15) is 31.9 Å². The molecule has 15 heavy (non-hydrogen) atoms. The topological polar surface area (TPSA) is 24.4 Å². The Hall–Kier alpha value is -1.31. The van der Waals surface area contributed by atoms with Crippen LogP contribution in [-0.4, -0.2) is 17.9 Å². The Balaban J connectivity index is 2.31. The first-order valence-electron chi connectivity index (χ1n) is 5.47. The molecule has 0 aliphatic carbocycles. The van der Waals surface area contributed by atoms with E-state index in [4.69, 9.17) is 0 Å². The molecule has 0 saturated carbocycles. The van der Waals surface area contributed by atoms with Crippen molar-refractivity contribution in [1.82, 2.24) is 5.32 Å². The average Bonchev–Trinajstić information content (AvgIpc) is 2.16. The number of hydrogen-bond acceptors (Lipinski definition) is 2. The van der Waals surface area contributed by atoms with E-state index in [2.05, 4.69) is 55.3 Å². The Morgan fingerprint density at radius 1 is 1.20 bits per heavy atom. The van der Waals surface area contributed by atoms with Crippen LogP contribution >= 0.6 is 0 Å². The minimum absolute atomic E-state index is 0.0727. The second kappa shape index (κ2) is 3.69. The molecule has 80 valence electrons. The molecular weight excluding hydrogens is 184 g/mol. The van der Waals surface area contributed by atoms with E-state index in [1.807, 2.05) is 0 Å². The molecule has 1 aliphatic heterocycles. The summed E-state index contributed by atoms with van der Waals surface area (Å²) in [6, 6.07) is 8.50. The van der Waals surface area contributed by atoms with Gasteiger partial charge in [0.1, 0.15) is 5.84 Å². The lowest BCUT2D eigenvalue weighted by Crippen LogP contribution is -2.42. The summed E-state index contributed by atoms with van der Waals surface area (Å²) in [7, 11) is 0. The van der Waals surface area contributed by atoms with Crippen LogP contribution in [0.4, 0.5) is 0 Å². The Morgan fingerprint density at radius 2 is 1.93 bits per heavy atom. The lowest BCUT2D eigenvalue weighted by Gasteiger charge is -2.26. The van der Waals surface area contributed by atoms with Gasteiger partial charge in [0.25, 0.3) is 0 Å². The Bertz CT molecular complexity index is 386. The number of hydrogen-bond donors (Lipinski definition) is 1. The van der Waals surface area contributed by atoms with Crippen molar-refractivity contribution in [2.45, 2.75) is 32.7 Å². The summed E-state index contributed by atoms with van der Waals surface area (Å²) in [4.78, 5) is 4.56. The van der Waals surface area contributed by atoms with Crippen molar-refractivity contribution in [3.63, 3.8) is 0 Å². The normalized spacial score (nSPS) is 15.5. The number of nitrogens with one attached hydrogen (secondary N) is 1. The van der Waals surface area contributed by atoms with E-state index >= 15 is 0 Å². The molecule has 0 unspecified atom stereocenters. The number of benzene rings is 1. The summed E-state index contributed by atoms with van der Waals surface area (Å²) in [5, 5.41) is 3.46. The molecule has 0 amide bonds. The highest BCUT2D eigenvalue weighted by atomic mass is 15.0. The van der Waals surface area contributed by atoms with E-state index in [0.29, 0.717) is 0 Å². The van der Waals surface area contributed by atoms with Gasteiger partial charge in [-0.2, -0.15) is 0 Å². The number of rotatable bonds is 0. The number of aliphatic imine (C=N–C) groups is 1. The summed E-state index contributed by atoms with van der Waals surface area (Å²) >= 11 is 0. The van der Waals surface area contributed by atoms with Crippen molar-refractivity contribution in [1.29, 1.82) is 0 Å². The molecule has 1 heterocycles. The van der Waals surface area contributed by atoms with Crippen molar-refractivity contribution in [2.24, 2.45) is 4.99 Å². The smallest absolute Gasteiger partial charge is 0.128 e. The number of fused-ring (bicyclic) bond motifs is 1. The fraction of sp³-hybridized carbons (Fsp3) is 0.462. The van der Waals surface area contributed by atoms with Crippen LogP contribution in [0, 0.1) is 0 Å². The van der Waals surface area contributed by atoms with Gasteiger partial charge < -0.3 is 5.32 Å². The molecule has 1 aliphatic rings. The first kappa shape index (κ1) is 10.2. The van der Waals surface area contributed by atoms with Gasteiger partial charge in [-0.05, 0) is 32.8 Å². The van der Waals surface area contributed by atoms with Gasteiger partial charge >= 0.3 is 0 Å². The van der Waals surface area contributed by atoms with E-state index in [0.717, 1.165) is 18.8 Å². The van der Waals surface area contributed by atoms with Crippen LogP contribution in [0.25, 0.3) is 0 Å². The summed E-state index contributed by atoms with van der Waals surface area (Å²) in [6.45, 7) is 7.38. The fourth-order valence-corrected chi connectivity index (χ4v) is 1.80. The molecule has 0 aromatic heterocycles. The van der Waals surface area contributed by atoms with Gasteiger partial charge in [-0.15, -0.1) is 0 Å². The predicted octanol–water partition coefficient (Wildman–Crippen LogP) is 2.38. The van der Waals surface area contributed by atoms with E-state index in [-0.39, 0.29) is 5.54 Å². The minimum atomic E-state index is 0.0727. The number of amidine groups is 1. The predicted molar refractivity (Wildman–Crippen MR) is 64.4 cm³/mol. The minimum Gasteiger partial charge on any atom is -0.365 e. The van der Waals surface area contributed by atoms with Crippen LogP contribution in [0.3, 0.4) is 0 Å². The third-order valence-electron chi connectivity index (χ3n) is 2.42. The van der Waals surface area contributed by atoms with Gasteiger partial charge in [0, 0.05) is 17.6 Å². The second-order valence-electron chi connectivity index (χ2n) is 5.01. The Morgan fingerprint density at radius 3 is 2.67 bits per heavy atom. The maximum absolute atomic E-state index is 4.56. The van der Waals surface area contributed by atoms with E-state index in [1.54, 1.807) is 0 Å². The van der Waals surface area contributed by atoms with Crippen molar-refractivity contribution in [3.8, 4) is 0 Å². The van der Waals surface area contributed by atoms with Crippen molar-refractivity contribution in [2.75, 3.05) is 6.54 Å².